The average molecular weight is 569 g/mol. The molecule has 0 bridgehead atoms. The lowest BCUT2D eigenvalue weighted by atomic mass is 10.0. The summed E-state index contributed by atoms with van der Waals surface area (Å²) in [6.45, 7) is 0. The lowest BCUT2D eigenvalue weighted by Crippen LogP contribution is -2.11. The van der Waals surface area contributed by atoms with Gasteiger partial charge in [-0.1, -0.05) is 91.0 Å². The van der Waals surface area contributed by atoms with Crippen LogP contribution in [0.1, 0.15) is 0 Å². The van der Waals surface area contributed by atoms with Gasteiger partial charge in [0.05, 0.1) is 0 Å². The van der Waals surface area contributed by atoms with Crippen LogP contribution in [0, 0.1) is 0 Å². The molecule has 0 N–H and O–H groups in total. The van der Waals surface area contributed by atoms with Crippen molar-refractivity contribution in [2.45, 2.75) is 0 Å². The van der Waals surface area contributed by atoms with Crippen LogP contribution >= 0.6 is 11.3 Å². The summed E-state index contributed by atoms with van der Waals surface area (Å²) in [7, 11) is 0. The van der Waals surface area contributed by atoms with Crippen LogP contribution in [-0.2, 0) is 0 Å². The van der Waals surface area contributed by atoms with Gasteiger partial charge in [0.15, 0.2) is 11.4 Å². The summed E-state index contributed by atoms with van der Waals surface area (Å²) >= 11 is 1.83. The van der Waals surface area contributed by atoms with Crippen molar-refractivity contribution in [2.75, 3.05) is 4.90 Å². The molecule has 0 saturated heterocycles. The van der Waals surface area contributed by atoms with E-state index >= 15 is 0 Å². The monoisotopic (exact) mass is 568 g/mol. The highest BCUT2D eigenvalue weighted by Crippen LogP contribution is 2.44. The maximum Gasteiger partial charge on any atom is 0.181 e. The van der Waals surface area contributed by atoms with Gasteiger partial charge in [0.1, 0.15) is 5.58 Å². The fourth-order valence-electron chi connectivity index (χ4n) is 6.26. The Morgan fingerprint density at radius 3 is 2.07 bits per heavy atom. The zero-order valence-corrected chi connectivity index (χ0v) is 23.9. The molecule has 202 valence electrons. The van der Waals surface area contributed by atoms with E-state index < -0.39 is 0 Å². The summed E-state index contributed by atoms with van der Waals surface area (Å²) in [4.78, 5) is 7.21. The van der Waals surface area contributed by atoms with Gasteiger partial charge in [-0.25, -0.2) is 4.98 Å². The lowest BCUT2D eigenvalue weighted by molar-refractivity contribution is 0.671. The SMILES string of the molecule is c1ccc(-c2ccc(N(c3ccc4sc5ccccc5c4c3)c3nccc4c3oc3c5ccccc5ccc43)cc2)cc1. The Hall–Kier alpha value is -5.45. The number of furan rings is 1. The van der Waals surface area contributed by atoms with Crippen LogP contribution in [0.15, 0.2) is 150 Å². The first-order valence-corrected chi connectivity index (χ1v) is 15.2. The molecule has 4 heteroatoms. The van der Waals surface area contributed by atoms with Crippen LogP contribution in [0.5, 0.6) is 0 Å². The quantitative estimate of drug-likeness (QED) is 0.211. The molecule has 0 amide bonds. The zero-order chi connectivity index (χ0) is 28.3. The Labute approximate surface area is 251 Å². The number of aromatic nitrogens is 1. The fourth-order valence-corrected chi connectivity index (χ4v) is 7.34. The van der Waals surface area contributed by atoms with E-state index in [-0.39, 0.29) is 0 Å². The third-order valence-electron chi connectivity index (χ3n) is 8.32. The molecular weight excluding hydrogens is 545 g/mol. The van der Waals surface area contributed by atoms with Crippen LogP contribution in [0.2, 0.25) is 0 Å². The number of anilines is 3. The Balaban J connectivity index is 1.30. The van der Waals surface area contributed by atoms with Gasteiger partial charge < -0.3 is 4.42 Å². The summed E-state index contributed by atoms with van der Waals surface area (Å²) in [6.07, 6.45) is 1.89. The third-order valence-corrected chi connectivity index (χ3v) is 9.47. The molecule has 9 rings (SSSR count). The van der Waals surface area contributed by atoms with Gasteiger partial charge in [-0.05, 0) is 65.0 Å². The van der Waals surface area contributed by atoms with Gasteiger partial charge >= 0.3 is 0 Å². The average Bonchev–Trinajstić information content (AvgIpc) is 3.65. The Morgan fingerprint density at radius 2 is 1.19 bits per heavy atom. The van der Waals surface area contributed by atoms with Crippen molar-refractivity contribution >= 4 is 81.4 Å². The maximum absolute atomic E-state index is 6.75. The van der Waals surface area contributed by atoms with E-state index in [1.165, 1.54) is 31.3 Å². The molecule has 0 fully saturated rings. The van der Waals surface area contributed by atoms with E-state index in [0.717, 1.165) is 49.9 Å². The molecule has 3 aromatic heterocycles. The first kappa shape index (κ1) is 24.2. The second kappa shape index (κ2) is 9.55. The second-order valence-electron chi connectivity index (χ2n) is 10.8. The number of benzene rings is 6. The van der Waals surface area contributed by atoms with Crippen molar-refractivity contribution < 1.29 is 4.42 Å². The van der Waals surface area contributed by atoms with Crippen molar-refractivity contribution in [1.29, 1.82) is 0 Å². The highest BCUT2D eigenvalue weighted by atomic mass is 32.1. The first-order chi connectivity index (χ1) is 21.3. The van der Waals surface area contributed by atoms with Crippen molar-refractivity contribution in [1.82, 2.24) is 4.98 Å². The maximum atomic E-state index is 6.75. The molecule has 43 heavy (non-hydrogen) atoms. The van der Waals surface area contributed by atoms with Crippen molar-refractivity contribution in [3.05, 3.63) is 146 Å². The van der Waals surface area contributed by atoms with Gasteiger partial charge in [-0.2, -0.15) is 0 Å². The van der Waals surface area contributed by atoms with E-state index in [1.807, 2.05) is 23.6 Å². The summed E-state index contributed by atoms with van der Waals surface area (Å²) in [5.74, 6) is 0.768. The molecular formula is C39H24N2OS. The molecule has 6 aromatic carbocycles. The predicted molar refractivity (Wildman–Crippen MR) is 182 cm³/mol. The number of hydrogen-bond acceptors (Lipinski definition) is 4. The Morgan fingerprint density at radius 1 is 0.488 bits per heavy atom. The molecule has 0 unspecified atom stereocenters. The minimum Gasteiger partial charge on any atom is -0.451 e. The van der Waals surface area contributed by atoms with Gasteiger partial charge in [-0.3, -0.25) is 4.90 Å². The molecule has 0 aliphatic carbocycles. The third kappa shape index (κ3) is 3.84. The minimum absolute atomic E-state index is 0.768. The van der Waals surface area contributed by atoms with Gasteiger partial charge in [-0.15, -0.1) is 11.3 Å². The summed E-state index contributed by atoms with van der Waals surface area (Å²) in [5.41, 5.74) is 6.08. The standard InChI is InChI=1S/C39H24N2OS/c1-2-8-25(9-3-1)26-14-17-28(18-15-26)41(29-19-21-36-34(24-29)31-12-6-7-13-35(31)43-36)39-38-33(22-23-40-39)32-20-16-27-10-4-5-11-30(27)37(32)42-38/h1-24H. The highest BCUT2D eigenvalue weighted by molar-refractivity contribution is 7.25. The van der Waals surface area contributed by atoms with Crippen LogP contribution in [0.3, 0.4) is 0 Å². The number of fused-ring (bicyclic) bond motifs is 8. The summed E-state index contributed by atoms with van der Waals surface area (Å²) < 4.78 is 9.31. The largest absolute Gasteiger partial charge is 0.451 e. The van der Waals surface area contributed by atoms with E-state index in [9.17, 15) is 0 Å². The number of rotatable bonds is 4. The normalized spacial score (nSPS) is 11.7. The Kier molecular flexibility index (Phi) is 5.37. The molecule has 0 radical (unpaired) electrons. The number of hydrogen-bond donors (Lipinski definition) is 0. The summed E-state index contributed by atoms with van der Waals surface area (Å²) in [5, 5.41) is 6.92. The summed E-state index contributed by atoms with van der Waals surface area (Å²) in [6, 6.07) is 49.3. The first-order valence-electron chi connectivity index (χ1n) is 14.4. The number of thiophene rings is 1. The molecule has 9 aromatic rings. The van der Waals surface area contributed by atoms with E-state index in [0.29, 0.717) is 0 Å². The van der Waals surface area contributed by atoms with Crippen molar-refractivity contribution in [3.63, 3.8) is 0 Å². The molecule has 0 atom stereocenters. The fraction of sp³-hybridized carbons (Fsp3) is 0. The van der Waals surface area contributed by atoms with Crippen molar-refractivity contribution in [2.24, 2.45) is 0 Å². The molecule has 0 aliphatic heterocycles. The minimum atomic E-state index is 0.768. The lowest BCUT2D eigenvalue weighted by Gasteiger charge is -2.24. The molecule has 0 saturated carbocycles. The van der Waals surface area contributed by atoms with Crippen molar-refractivity contribution in [3.8, 4) is 11.1 Å². The van der Waals surface area contributed by atoms with Crippen LogP contribution < -0.4 is 4.90 Å². The highest BCUT2D eigenvalue weighted by Gasteiger charge is 2.22. The zero-order valence-electron chi connectivity index (χ0n) is 23.1. The second-order valence-corrected chi connectivity index (χ2v) is 11.9. The van der Waals surface area contributed by atoms with E-state index in [2.05, 4.69) is 138 Å². The molecule has 0 aliphatic rings. The molecule has 3 heterocycles. The van der Waals surface area contributed by atoms with Crippen LogP contribution in [0.4, 0.5) is 17.2 Å². The number of nitrogens with zero attached hydrogens (tertiary/aromatic N) is 2. The molecule has 3 nitrogen and oxygen atoms in total. The van der Waals surface area contributed by atoms with Gasteiger partial charge in [0.2, 0.25) is 0 Å². The van der Waals surface area contributed by atoms with Crippen LogP contribution in [0.25, 0.3) is 64.0 Å². The topological polar surface area (TPSA) is 29.3 Å². The van der Waals surface area contributed by atoms with Crippen LogP contribution in [-0.4, -0.2) is 4.98 Å². The molecule has 0 spiro atoms. The van der Waals surface area contributed by atoms with Gasteiger partial charge in [0, 0.05) is 53.9 Å². The number of pyridine rings is 1. The van der Waals surface area contributed by atoms with E-state index in [4.69, 9.17) is 9.40 Å². The Bertz CT molecular complexity index is 2460. The van der Waals surface area contributed by atoms with E-state index in [1.54, 1.807) is 0 Å². The predicted octanol–water partition coefficient (Wildman–Crippen LogP) is 11.6. The van der Waals surface area contributed by atoms with Gasteiger partial charge in [0.25, 0.3) is 0 Å². The smallest absolute Gasteiger partial charge is 0.181 e.